The molecule has 0 aliphatic carbocycles. The summed E-state index contributed by atoms with van der Waals surface area (Å²) in [6.07, 6.45) is 5.95. The third kappa shape index (κ3) is 5.78. The van der Waals surface area contributed by atoms with E-state index in [0.717, 1.165) is 5.56 Å². The van der Waals surface area contributed by atoms with E-state index in [0.29, 0.717) is 17.7 Å². The summed E-state index contributed by atoms with van der Waals surface area (Å²) in [5, 5.41) is 2.71. The Labute approximate surface area is 146 Å². The molecule has 0 bridgehead atoms. The van der Waals surface area contributed by atoms with Gasteiger partial charge in [-0.3, -0.25) is 9.59 Å². The van der Waals surface area contributed by atoms with E-state index in [4.69, 9.17) is 6.42 Å². The number of hydrogen-bond donors (Lipinski definition) is 1. The Balaban J connectivity index is 1.83. The number of carbonyl (C=O) groups excluding carboxylic acids is 2. The van der Waals surface area contributed by atoms with Gasteiger partial charge in [-0.15, -0.1) is 6.42 Å². The van der Waals surface area contributed by atoms with Crippen molar-refractivity contribution < 1.29 is 14.0 Å². The zero-order valence-corrected chi connectivity index (χ0v) is 14.0. The van der Waals surface area contributed by atoms with Crippen molar-refractivity contribution >= 4 is 17.5 Å². The Bertz CT molecular complexity index is 811. The minimum atomic E-state index is -0.327. The van der Waals surface area contributed by atoms with Gasteiger partial charge in [0.2, 0.25) is 11.8 Å². The van der Waals surface area contributed by atoms with Crippen molar-refractivity contribution in [2.45, 2.75) is 12.8 Å². The molecule has 0 aliphatic heterocycles. The summed E-state index contributed by atoms with van der Waals surface area (Å²) in [5.74, 6) is 1.67. The number of benzene rings is 2. The molecule has 0 aliphatic rings. The second-order valence-corrected chi connectivity index (χ2v) is 5.65. The molecule has 0 heterocycles. The van der Waals surface area contributed by atoms with Crippen LogP contribution in [0.1, 0.15) is 17.5 Å². The lowest BCUT2D eigenvalue weighted by atomic mass is 10.1. The number of likely N-dealkylation sites (N-methyl/N-ethyl adjacent to an activating group) is 1. The van der Waals surface area contributed by atoms with Gasteiger partial charge < -0.3 is 10.2 Å². The first kappa shape index (κ1) is 18.2. The zero-order chi connectivity index (χ0) is 18.2. The Hall–Kier alpha value is -3.13. The molecule has 128 valence electrons. The highest BCUT2D eigenvalue weighted by molar-refractivity contribution is 5.94. The fraction of sp³-hybridized carbons (Fsp3) is 0.200. The van der Waals surface area contributed by atoms with E-state index in [9.17, 15) is 14.0 Å². The summed E-state index contributed by atoms with van der Waals surface area (Å²) in [5.41, 5.74) is 2.00. The zero-order valence-electron chi connectivity index (χ0n) is 14.0. The molecule has 0 atom stereocenters. The fourth-order valence-corrected chi connectivity index (χ4v) is 2.33. The van der Waals surface area contributed by atoms with Crippen LogP contribution in [-0.4, -0.2) is 30.3 Å². The molecule has 0 saturated carbocycles. The SMILES string of the molecule is C#Cc1cccc(NC(=O)CN(C)C(=O)CCc2cccc(F)c2)c1. The maximum atomic E-state index is 13.1. The molecule has 2 aromatic carbocycles. The van der Waals surface area contributed by atoms with E-state index in [2.05, 4.69) is 11.2 Å². The van der Waals surface area contributed by atoms with Gasteiger partial charge in [0.15, 0.2) is 0 Å². The number of anilines is 1. The van der Waals surface area contributed by atoms with Crippen LogP contribution in [0.5, 0.6) is 0 Å². The Kier molecular flexibility index (Phi) is 6.30. The van der Waals surface area contributed by atoms with Crippen molar-refractivity contribution in [2.75, 3.05) is 18.9 Å². The highest BCUT2D eigenvalue weighted by Crippen LogP contribution is 2.10. The second-order valence-electron chi connectivity index (χ2n) is 5.65. The van der Waals surface area contributed by atoms with E-state index < -0.39 is 0 Å². The molecule has 1 N–H and O–H groups in total. The summed E-state index contributed by atoms with van der Waals surface area (Å²) in [6, 6.07) is 13.1. The molecule has 0 spiro atoms. The van der Waals surface area contributed by atoms with Crippen LogP contribution >= 0.6 is 0 Å². The molecule has 0 radical (unpaired) electrons. The lowest BCUT2D eigenvalue weighted by Gasteiger charge is -2.17. The molecule has 0 unspecified atom stereocenters. The van der Waals surface area contributed by atoms with Crippen LogP contribution in [-0.2, 0) is 16.0 Å². The van der Waals surface area contributed by atoms with Crippen LogP contribution in [0, 0.1) is 18.2 Å². The molecule has 2 amide bonds. The molecular formula is C20H19FN2O2. The smallest absolute Gasteiger partial charge is 0.243 e. The van der Waals surface area contributed by atoms with Crippen molar-refractivity contribution in [3.8, 4) is 12.3 Å². The van der Waals surface area contributed by atoms with Crippen molar-refractivity contribution in [3.05, 3.63) is 65.5 Å². The monoisotopic (exact) mass is 338 g/mol. The third-order valence-corrected chi connectivity index (χ3v) is 3.64. The van der Waals surface area contributed by atoms with Crippen LogP contribution < -0.4 is 5.32 Å². The van der Waals surface area contributed by atoms with E-state index in [-0.39, 0.29) is 30.6 Å². The number of hydrogen-bond acceptors (Lipinski definition) is 2. The molecule has 0 saturated heterocycles. The molecule has 5 heteroatoms. The predicted molar refractivity (Wildman–Crippen MR) is 95.4 cm³/mol. The lowest BCUT2D eigenvalue weighted by Crippen LogP contribution is -2.35. The van der Waals surface area contributed by atoms with E-state index in [1.807, 2.05) is 0 Å². The Morgan fingerprint density at radius 3 is 2.68 bits per heavy atom. The van der Waals surface area contributed by atoms with Crippen LogP contribution in [0.3, 0.4) is 0 Å². The first-order valence-corrected chi connectivity index (χ1v) is 7.83. The molecule has 4 nitrogen and oxygen atoms in total. The van der Waals surface area contributed by atoms with Crippen molar-refractivity contribution in [1.82, 2.24) is 4.90 Å². The normalized spacial score (nSPS) is 9.96. The molecule has 0 aromatic heterocycles. The number of nitrogens with one attached hydrogen (secondary N) is 1. The van der Waals surface area contributed by atoms with Gasteiger partial charge in [-0.25, -0.2) is 4.39 Å². The van der Waals surface area contributed by atoms with Crippen molar-refractivity contribution in [1.29, 1.82) is 0 Å². The quantitative estimate of drug-likeness (QED) is 0.824. The van der Waals surface area contributed by atoms with Gasteiger partial charge in [0.25, 0.3) is 0 Å². The summed E-state index contributed by atoms with van der Waals surface area (Å²) in [4.78, 5) is 25.5. The Morgan fingerprint density at radius 2 is 1.96 bits per heavy atom. The summed E-state index contributed by atoms with van der Waals surface area (Å²) in [7, 11) is 1.56. The van der Waals surface area contributed by atoms with Gasteiger partial charge in [0, 0.05) is 24.7 Å². The summed E-state index contributed by atoms with van der Waals surface area (Å²) in [6.45, 7) is -0.0672. The number of carbonyl (C=O) groups is 2. The topological polar surface area (TPSA) is 49.4 Å². The van der Waals surface area contributed by atoms with E-state index in [1.165, 1.54) is 17.0 Å². The molecule has 25 heavy (non-hydrogen) atoms. The highest BCUT2D eigenvalue weighted by atomic mass is 19.1. The fourth-order valence-electron chi connectivity index (χ4n) is 2.33. The van der Waals surface area contributed by atoms with Crippen molar-refractivity contribution in [2.24, 2.45) is 0 Å². The number of amides is 2. The number of aryl methyl sites for hydroxylation is 1. The van der Waals surface area contributed by atoms with E-state index >= 15 is 0 Å². The molecular weight excluding hydrogens is 319 g/mol. The number of terminal acetylenes is 1. The lowest BCUT2D eigenvalue weighted by molar-refractivity contribution is -0.133. The summed E-state index contributed by atoms with van der Waals surface area (Å²) >= 11 is 0. The average Bonchev–Trinajstić information content (AvgIpc) is 2.59. The standard InChI is InChI=1S/C20H19FN2O2/c1-3-15-6-5-9-18(13-15)22-19(24)14-23(2)20(25)11-10-16-7-4-8-17(21)12-16/h1,4-9,12-13H,10-11,14H2,2H3,(H,22,24). The maximum Gasteiger partial charge on any atom is 0.243 e. The molecule has 2 aromatic rings. The Morgan fingerprint density at radius 1 is 1.20 bits per heavy atom. The maximum absolute atomic E-state index is 13.1. The minimum Gasteiger partial charge on any atom is -0.336 e. The highest BCUT2D eigenvalue weighted by Gasteiger charge is 2.13. The third-order valence-electron chi connectivity index (χ3n) is 3.64. The van der Waals surface area contributed by atoms with Crippen LogP contribution in [0.25, 0.3) is 0 Å². The van der Waals surface area contributed by atoms with E-state index in [1.54, 1.807) is 43.4 Å². The van der Waals surface area contributed by atoms with Gasteiger partial charge >= 0.3 is 0 Å². The van der Waals surface area contributed by atoms with Gasteiger partial charge in [0.1, 0.15) is 5.82 Å². The molecule has 2 rings (SSSR count). The van der Waals surface area contributed by atoms with Crippen LogP contribution in [0.4, 0.5) is 10.1 Å². The van der Waals surface area contributed by atoms with Gasteiger partial charge in [-0.1, -0.05) is 24.1 Å². The van der Waals surface area contributed by atoms with Gasteiger partial charge in [-0.05, 0) is 42.3 Å². The van der Waals surface area contributed by atoms with Crippen molar-refractivity contribution in [3.63, 3.8) is 0 Å². The predicted octanol–water partition coefficient (Wildman–Crippen LogP) is 2.84. The summed E-state index contributed by atoms with van der Waals surface area (Å²) < 4.78 is 13.1. The van der Waals surface area contributed by atoms with Gasteiger partial charge in [0.05, 0.1) is 6.54 Å². The first-order chi connectivity index (χ1) is 12.0. The number of rotatable bonds is 6. The second kappa shape index (κ2) is 8.65. The average molecular weight is 338 g/mol. The number of halogens is 1. The largest absolute Gasteiger partial charge is 0.336 e. The van der Waals surface area contributed by atoms with Crippen LogP contribution in [0.2, 0.25) is 0 Å². The van der Waals surface area contributed by atoms with Crippen LogP contribution in [0.15, 0.2) is 48.5 Å². The first-order valence-electron chi connectivity index (χ1n) is 7.83. The van der Waals surface area contributed by atoms with Gasteiger partial charge in [-0.2, -0.15) is 0 Å². The minimum absolute atomic E-state index is 0.0672. The number of nitrogens with zero attached hydrogens (tertiary/aromatic N) is 1. The molecule has 0 fully saturated rings.